The van der Waals surface area contributed by atoms with Gasteiger partial charge in [-0.15, -0.1) is 6.42 Å². The number of hydrogen-bond donors (Lipinski definition) is 1. The fraction of sp³-hybridized carbons (Fsp3) is 0.367. The molecule has 0 fully saturated rings. The Hall–Kier alpha value is -3.83. The van der Waals surface area contributed by atoms with E-state index in [1.54, 1.807) is 21.0 Å². The zero-order chi connectivity index (χ0) is 28.9. The number of carbonyl (C=O) groups excluding carboxylic acids is 3. The quantitative estimate of drug-likeness (QED) is 0.337. The molecule has 2 aromatic rings. The van der Waals surface area contributed by atoms with Gasteiger partial charge in [0.25, 0.3) is 11.8 Å². The first-order chi connectivity index (χ1) is 18.4. The van der Waals surface area contributed by atoms with Crippen molar-refractivity contribution < 1.29 is 23.5 Å². The monoisotopic (exact) mass is 553 g/mol. The Morgan fingerprint density at radius 3 is 2.13 bits per heavy atom. The molecule has 2 aromatic carbocycles. The third-order valence-electron chi connectivity index (χ3n) is 6.41. The minimum Gasteiger partial charge on any atom is -0.476 e. The second-order valence-corrected chi connectivity index (χ2v) is 10.3. The summed E-state index contributed by atoms with van der Waals surface area (Å²) in [6.45, 7) is 5.92. The lowest BCUT2D eigenvalue weighted by molar-refractivity contribution is -0.120. The van der Waals surface area contributed by atoms with E-state index in [0.29, 0.717) is 29.9 Å². The number of benzene rings is 2. The SMILES string of the molecule is C#CC(C)Oc1cc(N2C(=O)C3=C(CCCC3)C2=O)c(F)cc1Cl.CC(C)c1ccc(NC(=O)N(C)C)cc1. The molecule has 1 unspecified atom stereocenters. The van der Waals surface area contributed by atoms with Crippen LogP contribution in [-0.2, 0) is 9.59 Å². The average Bonchev–Trinajstić information content (AvgIpc) is 3.16. The van der Waals surface area contributed by atoms with Crippen LogP contribution in [0.25, 0.3) is 0 Å². The summed E-state index contributed by atoms with van der Waals surface area (Å²) in [5.74, 6) is 1.32. The van der Waals surface area contributed by atoms with Gasteiger partial charge in [-0.2, -0.15) is 0 Å². The summed E-state index contributed by atoms with van der Waals surface area (Å²) >= 11 is 5.97. The smallest absolute Gasteiger partial charge is 0.321 e. The molecule has 39 heavy (non-hydrogen) atoms. The van der Waals surface area contributed by atoms with Crippen LogP contribution in [0.2, 0.25) is 5.02 Å². The number of nitrogens with zero attached hydrogens (tertiary/aromatic N) is 2. The highest BCUT2D eigenvalue weighted by molar-refractivity contribution is 6.34. The molecule has 4 rings (SSSR count). The second-order valence-electron chi connectivity index (χ2n) is 9.87. The zero-order valence-electron chi connectivity index (χ0n) is 22.8. The van der Waals surface area contributed by atoms with Crippen LogP contribution in [0, 0.1) is 18.2 Å². The summed E-state index contributed by atoms with van der Waals surface area (Å²) in [5.41, 5.74) is 2.92. The van der Waals surface area contributed by atoms with E-state index < -0.39 is 23.7 Å². The summed E-state index contributed by atoms with van der Waals surface area (Å²) in [6.07, 6.45) is 7.47. The normalized spacial score (nSPS) is 15.3. The molecule has 2 aliphatic rings. The van der Waals surface area contributed by atoms with Crippen molar-refractivity contribution in [3.8, 4) is 18.1 Å². The van der Waals surface area contributed by atoms with Crippen molar-refractivity contribution in [1.82, 2.24) is 4.90 Å². The number of halogens is 2. The molecule has 1 heterocycles. The van der Waals surface area contributed by atoms with Crippen LogP contribution < -0.4 is 15.0 Å². The van der Waals surface area contributed by atoms with Crippen molar-refractivity contribution in [3.05, 3.63) is 63.9 Å². The van der Waals surface area contributed by atoms with E-state index in [9.17, 15) is 18.8 Å². The predicted octanol–water partition coefficient (Wildman–Crippen LogP) is 6.53. The van der Waals surface area contributed by atoms with Crippen LogP contribution in [0.15, 0.2) is 47.5 Å². The molecule has 206 valence electrons. The molecular weight excluding hydrogens is 521 g/mol. The van der Waals surface area contributed by atoms with E-state index in [2.05, 4.69) is 25.1 Å². The minimum absolute atomic E-state index is 0.0233. The van der Waals surface area contributed by atoms with Gasteiger partial charge in [0.1, 0.15) is 11.6 Å². The first-order valence-corrected chi connectivity index (χ1v) is 13.1. The average molecular weight is 554 g/mol. The van der Waals surface area contributed by atoms with E-state index in [0.717, 1.165) is 29.5 Å². The first-order valence-electron chi connectivity index (χ1n) is 12.8. The van der Waals surface area contributed by atoms with Crippen LogP contribution in [-0.4, -0.2) is 42.9 Å². The summed E-state index contributed by atoms with van der Waals surface area (Å²) in [4.78, 5) is 38.8. The van der Waals surface area contributed by atoms with Gasteiger partial charge < -0.3 is 15.0 Å². The highest BCUT2D eigenvalue weighted by Crippen LogP contribution is 2.39. The number of amides is 4. The van der Waals surface area contributed by atoms with E-state index in [4.69, 9.17) is 22.8 Å². The number of urea groups is 1. The molecule has 0 aromatic heterocycles. The van der Waals surface area contributed by atoms with Gasteiger partial charge in [0, 0.05) is 37.0 Å². The van der Waals surface area contributed by atoms with Gasteiger partial charge in [0.2, 0.25) is 0 Å². The van der Waals surface area contributed by atoms with Crippen molar-refractivity contribution in [2.45, 2.75) is 58.5 Å². The van der Waals surface area contributed by atoms with E-state index in [1.165, 1.54) is 16.5 Å². The van der Waals surface area contributed by atoms with Gasteiger partial charge >= 0.3 is 6.03 Å². The lowest BCUT2D eigenvalue weighted by Crippen LogP contribution is -2.32. The molecule has 0 saturated heterocycles. The summed E-state index contributed by atoms with van der Waals surface area (Å²) in [5, 5.41) is 2.82. The van der Waals surface area contributed by atoms with Crippen molar-refractivity contribution >= 4 is 40.8 Å². The number of hydrogen-bond acceptors (Lipinski definition) is 4. The van der Waals surface area contributed by atoms with Crippen LogP contribution >= 0.6 is 11.6 Å². The maximum atomic E-state index is 14.4. The summed E-state index contributed by atoms with van der Waals surface area (Å²) < 4.78 is 19.8. The van der Waals surface area contributed by atoms with E-state index in [-0.39, 0.29) is 22.5 Å². The van der Waals surface area contributed by atoms with Crippen LogP contribution in [0.5, 0.6) is 5.75 Å². The minimum atomic E-state index is -0.762. The van der Waals surface area contributed by atoms with Gasteiger partial charge in [-0.1, -0.05) is 43.5 Å². The van der Waals surface area contributed by atoms with Crippen molar-refractivity contribution in [1.29, 1.82) is 0 Å². The molecule has 9 heteroatoms. The Bertz CT molecular complexity index is 1300. The molecule has 1 aliphatic heterocycles. The van der Waals surface area contributed by atoms with Crippen LogP contribution in [0.4, 0.5) is 20.6 Å². The molecule has 1 N–H and O–H groups in total. The van der Waals surface area contributed by atoms with Crippen molar-refractivity contribution in [2.24, 2.45) is 0 Å². The summed E-state index contributed by atoms with van der Waals surface area (Å²) in [6, 6.07) is 10.1. The molecule has 0 radical (unpaired) electrons. The third kappa shape index (κ3) is 6.98. The predicted molar refractivity (Wildman–Crippen MR) is 152 cm³/mol. The highest BCUT2D eigenvalue weighted by Gasteiger charge is 2.41. The fourth-order valence-electron chi connectivity index (χ4n) is 4.15. The Kier molecular flexibility index (Phi) is 9.76. The second kappa shape index (κ2) is 12.8. The van der Waals surface area contributed by atoms with Crippen molar-refractivity contribution in [3.63, 3.8) is 0 Å². The Morgan fingerprint density at radius 2 is 1.64 bits per heavy atom. The van der Waals surface area contributed by atoms with Gasteiger partial charge in [-0.3, -0.25) is 9.59 Å². The zero-order valence-corrected chi connectivity index (χ0v) is 23.6. The van der Waals surface area contributed by atoms with Gasteiger partial charge in [-0.25, -0.2) is 14.1 Å². The number of ether oxygens (including phenoxy) is 1. The molecule has 7 nitrogen and oxygen atoms in total. The molecule has 1 atom stereocenters. The van der Waals surface area contributed by atoms with Crippen LogP contribution in [0.3, 0.4) is 0 Å². The molecule has 1 aliphatic carbocycles. The van der Waals surface area contributed by atoms with E-state index in [1.807, 2.05) is 24.3 Å². The number of terminal acetylenes is 1. The number of nitrogens with one attached hydrogen (secondary N) is 1. The first kappa shape index (κ1) is 29.7. The number of carbonyl (C=O) groups is 3. The molecule has 0 spiro atoms. The number of rotatable bonds is 5. The highest BCUT2D eigenvalue weighted by atomic mass is 35.5. The maximum Gasteiger partial charge on any atom is 0.321 e. The standard InChI is InChI=1S/C18H15ClFNO3.C12H18N2O/c1-3-10(2)24-16-9-15(14(20)8-13(16)19)21-17(22)11-6-4-5-7-12(11)18(21)23;1-9(2)10-5-7-11(8-6-10)13-12(15)14(3)4/h1,8-10H,4-7H2,2H3;5-9H,1-4H3,(H,13,15). The lowest BCUT2D eigenvalue weighted by Gasteiger charge is -2.19. The number of anilines is 2. The Labute approximate surface area is 233 Å². The molecule has 0 saturated carbocycles. The fourth-order valence-corrected chi connectivity index (χ4v) is 4.34. The van der Waals surface area contributed by atoms with Crippen LogP contribution in [0.1, 0.15) is 57.9 Å². The topological polar surface area (TPSA) is 79.0 Å². The largest absolute Gasteiger partial charge is 0.476 e. The van der Waals surface area contributed by atoms with Crippen molar-refractivity contribution in [2.75, 3.05) is 24.3 Å². The van der Waals surface area contributed by atoms with Gasteiger partial charge in [-0.05, 0) is 62.3 Å². The third-order valence-corrected chi connectivity index (χ3v) is 6.70. The molecule has 4 amide bonds. The lowest BCUT2D eigenvalue weighted by atomic mass is 9.93. The van der Waals surface area contributed by atoms with Gasteiger partial charge in [0.05, 0.1) is 10.7 Å². The Balaban J connectivity index is 0.000000242. The Morgan fingerprint density at radius 1 is 1.08 bits per heavy atom. The van der Waals surface area contributed by atoms with Gasteiger partial charge in [0.15, 0.2) is 6.10 Å². The summed E-state index contributed by atoms with van der Waals surface area (Å²) in [7, 11) is 3.44. The maximum absolute atomic E-state index is 14.4. The number of imide groups is 1. The molecule has 0 bridgehead atoms. The van der Waals surface area contributed by atoms with E-state index >= 15 is 0 Å². The molecular formula is C30H33ClFN3O4.